The molecule has 3 aromatic rings. The molecule has 172 valence electrons. The van der Waals surface area contributed by atoms with Crippen molar-refractivity contribution >= 4 is 40.6 Å². The van der Waals surface area contributed by atoms with E-state index < -0.39 is 0 Å². The Labute approximate surface area is 201 Å². The lowest BCUT2D eigenvalue weighted by molar-refractivity contribution is -0.136. The largest absolute Gasteiger partial charge is 0.367 e. The van der Waals surface area contributed by atoms with Crippen molar-refractivity contribution in [3.8, 4) is 5.82 Å². The van der Waals surface area contributed by atoms with Crippen LogP contribution in [0.5, 0.6) is 0 Å². The molecule has 4 heterocycles. The first-order chi connectivity index (χ1) is 16.1. The molecule has 2 aromatic heterocycles. The maximum absolute atomic E-state index is 13.1. The number of carbonyl (C=O) groups is 1. The fraction of sp³-hybridized carbons (Fsp3) is 0.409. The monoisotopic (exact) mass is 486 g/mol. The summed E-state index contributed by atoms with van der Waals surface area (Å²) in [5.41, 5.74) is 0.931. The molecular weight excluding hydrogens is 463 g/mol. The maximum Gasteiger partial charge on any atom is 0.225 e. The fourth-order valence-corrected chi connectivity index (χ4v) is 4.87. The van der Waals surface area contributed by atoms with E-state index in [1.807, 2.05) is 29.2 Å². The zero-order valence-electron chi connectivity index (χ0n) is 18.0. The van der Waals surface area contributed by atoms with E-state index in [4.69, 9.17) is 23.2 Å². The van der Waals surface area contributed by atoms with E-state index >= 15 is 0 Å². The van der Waals surface area contributed by atoms with Gasteiger partial charge in [-0.2, -0.15) is 5.10 Å². The highest BCUT2D eigenvalue weighted by Crippen LogP contribution is 2.33. The van der Waals surface area contributed by atoms with Crippen LogP contribution in [0.3, 0.4) is 0 Å². The number of piperazine rings is 1. The van der Waals surface area contributed by atoms with Crippen molar-refractivity contribution in [3.05, 3.63) is 53.0 Å². The summed E-state index contributed by atoms with van der Waals surface area (Å²) in [5.74, 6) is 1.74. The van der Waals surface area contributed by atoms with Gasteiger partial charge in [0.05, 0.1) is 15.7 Å². The predicted molar refractivity (Wildman–Crippen MR) is 127 cm³/mol. The van der Waals surface area contributed by atoms with Crippen LogP contribution in [0.15, 0.2) is 43.0 Å². The minimum atomic E-state index is 0.0462. The number of aromatic nitrogens is 5. The van der Waals surface area contributed by atoms with Crippen LogP contribution in [0.2, 0.25) is 10.0 Å². The van der Waals surface area contributed by atoms with Crippen molar-refractivity contribution in [2.24, 2.45) is 5.92 Å². The average molecular weight is 487 g/mol. The summed E-state index contributed by atoms with van der Waals surface area (Å²) in [6, 6.07) is 9.48. The SMILES string of the molecule is O=C(C1CCN(c2ccc(-n3cncn3)nn2)CC1)N1CCN(c2cccc(Cl)c2Cl)CC1. The Balaban J connectivity index is 1.13. The second-order valence-electron chi connectivity index (χ2n) is 8.24. The molecular formula is C22H24Cl2N8O. The van der Waals surface area contributed by atoms with Gasteiger partial charge in [-0.05, 0) is 37.1 Å². The quantitative estimate of drug-likeness (QED) is 0.560. The van der Waals surface area contributed by atoms with Gasteiger partial charge in [0.2, 0.25) is 5.91 Å². The van der Waals surface area contributed by atoms with Crippen molar-refractivity contribution < 1.29 is 4.79 Å². The topological polar surface area (TPSA) is 83.3 Å². The average Bonchev–Trinajstić information content (AvgIpc) is 3.41. The van der Waals surface area contributed by atoms with Crippen LogP contribution in [0.4, 0.5) is 11.5 Å². The smallest absolute Gasteiger partial charge is 0.225 e. The summed E-state index contributed by atoms with van der Waals surface area (Å²) in [5, 5.41) is 13.8. The first-order valence-electron chi connectivity index (χ1n) is 11.0. The number of rotatable bonds is 4. The number of hydrogen-bond donors (Lipinski definition) is 0. The highest BCUT2D eigenvalue weighted by Gasteiger charge is 2.31. The van der Waals surface area contributed by atoms with Crippen LogP contribution >= 0.6 is 23.2 Å². The number of benzene rings is 1. The molecule has 33 heavy (non-hydrogen) atoms. The lowest BCUT2D eigenvalue weighted by Gasteiger charge is -2.39. The summed E-state index contributed by atoms with van der Waals surface area (Å²) in [6.45, 7) is 4.45. The number of amides is 1. The minimum absolute atomic E-state index is 0.0462. The molecule has 0 bridgehead atoms. The van der Waals surface area contributed by atoms with Crippen molar-refractivity contribution in [2.45, 2.75) is 12.8 Å². The predicted octanol–water partition coefficient (Wildman–Crippen LogP) is 2.93. The van der Waals surface area contributed by atoms with E-state index in [1.54, 1.807) is 17.1 Å². The molecule has 0 atom stereocenters. The second kappa shape index (κ2) is 9.52. The van der Waals surface area contributed by atoms with Crippen LogP contribution in [-0.2, 0) is 4.79 Å². The van der Waals surface area contributed by atoms with Gasteiger partial charge in [-0.25, -0.2) is 9.67 Å². The fourth-order valence-electron chi connectivity index (χ4n) is 4.45. The summed E-state index contributed by atoms with van der Waals surface area (Å²) >= 11 is 12.5. The molecule has 0 aliphatic carbocycles. The van der Waals surface area contributed by atoms with Gasteiger partial charge in [-0.15, -0.1) is 10.2 Å². The molecule has 11 heteroatoms. The van der Waals surface area contributed by atoms with Crippen molar-refractivity contribution in [2.75, 3.05) is 49.1 Å². The van der Waals surface area contributed by atoms with E-state index in [0.717, 1.165) is 50.5 Å². The summed E-state index contributed by atoms with van der Waals surface area (Å²) in [6.07, 6.45) is 4.67. The molecule has 0 radical (unpaired) electrons. The standard InChI is InChI=1S/C22H24Cl2N8O/c23-17-2-1-3-18(21(17)24)29-10-12-31(13-11-29)22(33)16-6-8-30(9-7-16)19-4-5-20(28-27-19)32-15-25-14-26-32/h1-5,14-16H,6-13H2. The lowest BCUT2D eigenvalue weighted by atomic mass is 9.95. The third kappa shape index (κ3) is 4.60. The molecule has 0 N–H and O–H groups in total. The Kier molecular flexibility index (Phi) is 6.32. The maximum atomic E-state index is 13.1. The van der Waals surface area contributed by atoms with Gasteiger partial charge < -0.3 is 14.7 Å². The Morgan fingerprint density at radius 1 is 0.879 bits per heavy atom. The molecule has 5 rings (SSSR count). The molecule has 2 fully saturated rings. The second-order valence-corrected chi connectivity index (χ2v) is 9.02. The first-order valence-corrected chi connectivity index (χ1v) is 11.8. The van der Waals surface area contributed by atoms with Crippen LogP contribution in [0.25, 0.3) is 5.82 Å². The molecule has 9 nitrogen and oxygen atoms in total. The van der Waals surface area contributed by atoms with Crippen LogP contribution in [0.1, 0.15) is 12.8 Å². The highest BCUT2D eigenvalue weighted by atomic mass is 35.5. The van der Waals surface area contributed by atoms with Crippen LogP contribution in [0, 0.1) is 5.92 Å². The molecule has 0 spiro atoms. The van der Waals surface area contributed by atoms with Crippen LogP contribution < -0.4 is 9.80 Å². The molecule has 2 aliphatic rings. The zero-order chi connectivity index (χ0) is 22.8. The van der Waals surface area contributed by atoms with Gasteiger partial charge in [0.1, 0.15) is 12.7 Å². The molecule has 2 aliphatic heterocycles. The number of nitrogens with zero attached hydrogens (tertiary/aromatic N) is 8. The Morgan fingerprint density at radius 3 is 2.27 bits per heavy atom. The zero-order valence-corrected chi connectivity index (χ0v) is 19.5. The third-order valence-electron chi connectivity index (χ3n) is 6.32. The number of anilines is 2. The number of halogens is 2. The number of hydrogen-bond acceptors (Lipinski definition) is 7. The molecule has 0 unspecified atom stereocenters. The Bertz CT molecular complexity index is 1090. The van der Waals surface area contributed by atoms with Crippen molar-refractivity contribution in [1.29, 1.82) is 0 Å². The van der Waals surface area contributed by atoms with Gasteiger partial charge in [0, 0.05) is 45.2 Å². The molecule has 1 aromatic carbocycles. The molecule has 2 saturated heterocycles. The van der Waals surface area contributed by atoms with Gasteiger partial charge in [-0.3, -0.25) is 4.79 Å². The van der Waals surface area contributed by atoms with E-state index in [0.29, 0.717) is 29.0 Å². The van der Waals surface area contributed by atoms with Crippen molar-refractivity contribution in [3.63, 3.8) is 0 Å². The number of piperidine rings is 1. The van der Waals surface area contributed by atoms with Gasteiger partial charge in [-0.1, -0.05) is 29.3 Å². The highest BCUT2D eigenvalue weighted by molar-refractivity contribution is 6.43. The summed E-state index contributed by atoms with van der Waals surface area (Å²) < 4.78 is 1.57. The third-order valence-corrected chi connectivity index (χ3v) is 7.13. The van der Waals surface area contributed by atoms with Gasteiger partial charge in [0.25, 0.3) is 0 Å². The molecule has 1 amide bonds. The summed E-state index contributed by atoms with van der Waals surface area (Å²) in [4.78, 5) is 23.4. The van der Waals surface area contributed by atoms with E-state index in [9.17, 15) is 4.79 Å². The van der Waals surface area contributed by atoms with E-state index in [-0.39, 0.29) is 11.8 Å². The summed E-state index contributed by atoms with van der Waals surface area (Å²) in [7, 11) is 0. The van der Waals surface area contributed by atoms with E-state index in [1.165, 1.54) is 6.33 Å². The normalized spacial score (nSPS) is 17.5. The molecule has 0 saturated carbocycles. The lowest BCUT2D eigenvalue weighted by Crippen LogP contribution is -2.51. The van der Waals surface area contributed by atoms with Crippen molar-refractivity contribution in [1.82, 2.24) is 29.9 Å². The first kappa shape index (κ1) is 21.9. The minimum Gasteiger partial charge on any atom is -0.367 e. The Hall–Kier alpha value is -2.91. The van der Waals surface area contributed by atoms with Gasteiger partial charge >= 0.3 is 0 Å². The van der Waals surface area contributed by atoms with Crippen LogP contribution in [-0.4, -0.2) is 75.0 Å². The van der Waals surface area contributed by atoms with Gasteiger partial charge in [0.15, 0.2) is 11.6 Å². The Morgan fingerprint density at radius 2 is 1.61 bits per heavy atom. The van der Waals surface area contributed by atoms with E-state index in [2.05, 4.69) is 30.1 Å². The number of carbonyl (C=O) groups excluding carboxylic acids is 1.